The smallest absolute Gasteiger partial charge is 0.255 e. The molecule has 0 atom stereocenters. The third-order valence-electron chi connectivity index (χ3n) is 3.46. The van der Waals surface area contributed by atoms with Gasteiger partial charge >= 0.3 is 0 Å². The molecular formula is C16H14N2O3. The molecule has 0 aromatic heterocycles. The lowest BCUT2D eigenvalue weighted by molar-refractivity contribution is -0.115. The van der Waals surface area contributed by atoms with Crippen LogP contribution in [0.3, 0.4) is 0 Å². The Bertz CT molecular complexity index is 753. The number of amides is 2. The van der Waals surface area contributed by atoms with E-state index in [4.69, 9.17) is 0 Å². The molecule has 0 unspecified atom stereocenters. The van der Waals surface area contributed by atoms with Crippen molar-refractivity contribution >= 4 is 23.2 Å². The molecule has 3 rings (SSSR count). The highest BCUT2D eigenvalue weighted by atomic mass is 16.3. The van der Waals surface area contributed by atoms with Crippen LogP contribution in [-0.4, -0.2) is 16.9 Å². The Balaban J connectivity index is 1.81. The van der Waals surface area contributed by atoms with Gasteiger partial charge in [0.1, 0.15) is 5.75 Å². The summed E-state index contributed by atoms with van der Waals surface area (Å²) in [5.41, 5.74) is 3.32. The van der Waals surface area contributed by atoms with Crippen molar-refractivity contribution < 1.29 is 14.7 Å². The van der Waals surface area contributed by atoms with Gasteiger partial charge in [0, 0.05) is 23.0 Å². The summed E-state index contributed by atoms with van der Waals surface area (Å²) in [6.45, 7) is 1.78. The third kappa shape index (κ3) is 2.58. The molecule has 3 N–H and O–H groups in total. The lowest BCUT2D eigenvalue weighted by atomic mass is 10.1. The van der Waals surface area contributed by atoms with E-state index in [1.54, 1.807) is 37.3 Å². The Hall–Kier alpha value is -2.82. The van der Waals surface area contributed by atoms with E-state index in [0.717, 1.165) is 16.8 Å². The largest absolute Gasteiger partial charge is 0.508 e. The highest BCUT2D eigenvalue weighted by Gasteiger charge is 2.19. The van der Waals surface area contributed by atoms with Crippen LogP contribution < -0.4 is 10.6 Å². The summed E-state index contributed by atoms with van der Waals surface area (Å²) in [5, 5.41) is 15.1. The summed E-state index contributed by atoms with van der Waals surface area (Å²) >= 11 is 0. The zero-order valence-electron chi connectivity index (χ0n) is 11.4. The van der Waals surface area contributed by atoms with Crippen LogP contribution >= 0.6 is 0 Å². The van der Waals surface area contributed by atoms with Crippen molar-refractivity contribution in [1.29, 1.82) is 0 Å². The first-order valence-electron chi connectivity index (χ1n) is 6.57. The molecule has 1 aliphatic rings. The van der Waals surface area contributed by atoms with Gasteiger partial charge in [-0.25, -0.2) is 0 Å². The first-order valence-corrected chi connectivity index (χ1v) is 6.57. The van der Waals surface area contributed by atoms with Gasteiger partial charge in [-0.2, -0.15) is 0 Å². The van der Waals surface area contributed by atoms with Crippen molar-refractivity contribution in [3.63, 3.8) is 0 Å². The number of fused-ring (bicyclic) bond motifs is 1. The van der Waals surface area contributed by atoms with Crippen molar-refractivity contribution in [2.75, 3.05) is 10.6 Å². The molecule has 2 aromatic carbocycles. The Morgan fingerprint density at radius 2 is 2.05 bits per heavy atom. The molecule has 1 heterocycles. The number of carbonyl (C=O) groups excluding carboxylic acids is 2. The number of aryl methyl sites for hydroxylation is 1. The van der Waals surface area contributed by atoms with Crippen molar-refractivity contribution in [1.82, 2.24) is 0 Å². The summed E-state index contributed by atoms with van der Waals surface area (Å²) in [6.07, 6.45) is 0.293. The maximum atomic E-state index is 12.2. The van der Waals surface area contributed by atoms with Gasteiger partial charge in [0.2, 0.25) is 5.91 Å². The van der Waals surface area contributed by atoms with Gasteiger partial charge in [0.25, 0.3) is 5.91 Å². The number of nitrogens with one attached hydrogen (secondary N) is 2. The molecular weight excluding hydrogens is 268 g/mol. The van der Waals surface area contributed by atoms with Gasteiger partial charge in [-0.15, -0.1) is 0 Å². The number of rotatable bonds is 2. The van der Waals surface area contributed by atoms with E-state index in [1.807, 2.05) is 0 Å². The summed E-state index contributed by atoms with van der Waals surface area (Å²) in [7, 11) is 0. The predicted molar refractivity (Wildman–Crippen MR) is 79.6 cm³/mol. The molecule has 2 aromatic rings. The average molecular weight is 282 g/mol. The molecule has 0 saturated carbocycles. The van der Waals surface area contributed by atoms with Crippen LogP contribution in [0.25, 0.3) is 0 Å². The van der Waals surface area contributed by atoms with Gasteiger partial charge in [-0.1, -0.05) is 6.07 Å². The standard InChI is InChI=1S/C16H14N2O3/c1-9-2-4-12(8-14(9)19)17-16(21)10-3-5-13-11(6-10)7-15(20)18-13/h2-6,8,19H,7H2,1H3,(H,17,21)(H,18,20). The monoisotopic (exact) mass is 282 g/mol. The first kappa shape index (κ1) is 13.2. The van der Waals surface area contributed by atoms with Crippen LogP contribution in [0.1, 0.15) is 21.5 Å². The first-order chi connectivity index (χ1) is 10.0. The number of aromatic hydroxyl groups is 1. The number of carbonyl (C=O) groups is 2. The molecule has 0 bridgehead atoms. The normalized spacial score (nSPS) is 12.7. The number of benzene rings is 2. The predicted octanol–water partition coefficient (Wildman–Crippen LogP) is 2.45. The topological polar surface area (TPSA) is 78.4 Å². The van der Waals surface area contributed by atoms with Crippen LogP contribution in [0.2, 0.25) is 0 Å². The minimum absolute atomic E-state index is 0.0639. The molecule has 0 spiro atoms. The van der Waals surface area contributed by atoms with E-state index in [-0.39, 0.29) is 17.6 Å². The molecule has 21 heavy (non-hydrogen) atoms. The van der Waals surface area contributed by atoms with Crippen LogP contribution in [0.4, 0.5) is 11.4 Å². The van der Waals surface area contributed by atoms with Crippen LogP contribution in [0, 0.1) is 6.92 Å². The minimum Gasteiger partial charge on any atom is -0.508 e. The summed E-state index contributed by atoms with van der Waals surface area (Å²) in [5.74, 6) is -0.206. The molecule has 5 nitrogen and oxygen atoms in total. The molecule has 0 fully saturated rings. The van der Waals surface area contributed by atoms with Gasteiger partial charge in [-0.3, -0.25) is 9.59 Å². The molecule has 0 radical (unpaired) electrons. The Morgan fingerprint density at radius 3 is 2.81 bits per heavy atom. The van der Waals surface area contributed by atoms with Crippen molar-refractivity contribution in [2.24, 2.45) is 0 Å². The van der Waals surface area contributed by atoms with Crippen LogP contribution in [0.5, 0.6) is 5.75 Å². The van der Waals surface area contributed by atoms with Crippen molar-refractivity contribution in [3.05, 3.63) is 53.1 Å². The second-order valence-electron chi connectivity index (χ2n) is 5.05. The Morgan fingerprint density at radius 1 is 1.24 bits per heavy atom. The zero-order valence-corrected chi connectivity index (χ0v) is 11.4. The Kier molecular flexibility index (Phi) is 3.10. The second kappa shape index (κ2) is 4.94. The molecule has 1 aliphatic heterocycles. The molecule has 5 heteroatoms. The summed E-state index contributed by atoms with van der Waals surface area (Å²) < 4.78 is 0. The summed E-state index contributed by atoms with van der Waals surface area (Å²) in [6, 6.07) is 10.1. The fourth-order valence-corrected chi connectivity index (χ4v) is 2.26. The van der Waals surface area contributed by atoms with E-state index >= 15 is 0 Å². The highest BCUT2D eigenvalue weighted by molar-refractivity contribution is 6.06. The van der Waals surface area contributed by atoms with Crippen LogP contribution in [0.15, 0.2) is 36.4 Å². The zero-order chi connectivity index (χ0) is 15.0. The number of phenols is 1. The van der Waals surface area contributed by atoms with E-state index in [2.05, 4.69) is 10.6 Å². The SMILES string of the molecule is Cc1ccc(NC(=O)c2ccc3c(c2)CC(=O)N3)cc1O. The fourth-order valence-electron chi connectivity index (χ4n) is 2.26. The van der Waals surface area contributed by atoms with E-state index in [9.17, 15) is 14.7 Å². The number of hydrogen-bond donors (Lipinski definition) is 3. The van der Waals surface area contributed by atoms with Crippen LogP contribution in [-0.2, 0) is 11.2 Å². The Labute approximate surface area is 121 Å². The molecule has 106 valence electrons. The average Bonchev–Trinajstić information content (AvgIpc) is 2.82. The lowest BCUT2D eigenvalue weighted by Crippen LogP contribution is -2.12. The van der Waals surface area contributed by atoms with Gasteiger partial charge in [-0.05, 0) is 42.3 Å². The minimum atomic E-state index is -0.277. The van der Waals surface area contributed by atoms with E-state index in [0.29, 0.717) is 17.7 Å². The summed E-state index contributed by atoms with van der Waals surface area (Å²) in [4.78, 5) is 23.5. The van der Waals surface area contributed by atoms with Crippen molar-refractivity contribution in [2.45, 2.75) is 13.3 Å². The second-order valence-corrected chi connectivity index (χ2v) is 5.05. The maximum absolute atomic E-state index is 12.2. The van der Waals surface area contributed by atoms with Gasteiger partial charge in [0.05, 0.1) is 6.42 Å². The van der Waals surface area contributed by atoms with E-state index < -0.39 is 0 Å². The highest BCUT2D eigenvalue weighted by Crippen LogP contribution is 2.25. The quantitative estimate of drug-likeness (QED) is 0.791. The lowest BCUT2D eigenvalue weighted by Gasteiger charge is -2.08. The van der Waals surface area contributed by atoms with Gasteiger partial charge in [0.15, 0.2) is 0 Å². The fraction of sp³-hybridized carbons (Fsp3) is 0.125. The number of anilines is 2. The third-order valence-corrected chi connectivity index (χ3v) is 3.46. The molecule has 2 amide bonds. The number of phenolic OH excluding ortho intramolecular Hbond substituents is 1. The maximum Gasteiger partial charge on any atom is 0.255 e. The van der Waals surface area contributed by atoms with E-state index in [1.165, 1.54) is 6.07 Å². The molecule has 0 saturated heterocycles. The number of hydrogen-bond acceptors (Lipinski definition) is 3. The molecule has 0 aliphatic carbocycles. The van der Waals surface area contributed by atoms with Gasteiger partial charge < -0.3 is 15.7 Å². The van der Waals surface area contributed by atoms with Crippen molar-refractivity contribution in [3.8, 4) is 5.75 Å².